The number of rotatable bonds is 3. The second-order valence-corrected chi connectivity index (χ2v) is 4.06. The highest BCUT2D eigenvalue weighted by molar-refractivity contribution is 5.05. The minimum Gasteiger partial charge on any atom is -0.390 e. The van der Waals surface area contributed by atoms with Gasteiger partial charge >= 0.3 is 0 Å². The summed E-state index contributed by atoms with van der Waals surface area (Å²) in [5, 5.41) is 9.22. The van der Waals surface area contributed by atoms with Crippen LogP contribution < -0.4 is 5.73 Å². The molecule has 0 radical (unpaired) electrons. The van der Waals surface area contributed by atoms with E-state index in [1.54, 1.807) is 0 Å². The van der Waals surface area contributed by atoms with Gasteiger partial charge in [-0.2, -0.15) is 0 Å². The predicted octanol–water partition coefficient (Wildman–Crippen LogP) is -0.598. The Morgan fingerprint density at radius 2 is 2.09 bits per heavy atom. The summed E-state index contributed by atoms with van der Waals surface area (Å²) in [6.07, 6.45) is 2.50. The van der Waals surface area contributed by atoms with E-state index in [2.05, 4.69) is 4.90 Å². The molecule has 1 atom stereocenters. The molecule has 1 spiro atoms. The standard InChI is InChI=1S/C8H16N2O/c9-3-7(11)4-10-5-8(6-10)1-2-8/h7,11H,1-6,9H2. The maximum Gasteiger partial charge on any atom is 0.0789 e. The smallest absolute Gasteiger partial charge is 0.0789 e. The number of nitrogens with zero attached hydrogens (tertiary/aromatic N) is 1. The third kappa shape index (κ3) is 1.41. The quantitative estimate of drug-likeness (QED) is 0.574. The molecule has 3 N–H and O–H groups in total. The van der Waals surface area contributed by atoms with Crippen molar-refractivity contribution in [3.63, 3.8) is 0 Å². The summed E-state index contributed by atoms with van der Waals surface area (Å²) in [6, 6.07) is 0. The molecule has 1 aliphatic carbocycles. The first-order chi connectivity index (χ1) is 5.24. The molecular formula is C8H16N2O. The fourth-order valence-corrected chi connectivity index (χ4v) is 1.90. The van der Waals surface area contributed by atoms with Gasteiger partial charge in [0.05, 0.1) is 6.10 Å². The van der Waals surface area contributed by atoms with Gasteiger partial charge in [0.2, 0.25) is 0 Å². The minimum absolute atomic E-state index is 0.314. The van der Waals surface area contributed by atoms with Crippen LogP contribution in [0.5, 0.6) is 0 Å². The van der Waals surface area contributed by atoms with Gasteiger partial charge in [-0.1, -0.05) is 0 Å². The van der Waals surface area contributed by atoms with Crippen LogP contribution in [0.25, 0.3) is 0 Å². The lowest BCUT2D eigenvalue weighted by Gasteiger charge is -2.40. The van der Waals surface area contributed by atoms with Crippen molar-refractivity contribution < 1.29 is 5.11 Å². The van der Waals surface area contributed by atoms with Crippen LogP contribution in [0.4, 0.5) is 0 Å². The molecule has 1 unspecified atom stereocenters. The summed E-state index contributed by atoms with van der Waals surface area (Å²) in [5.41, 5.74) is 6.01. The summed E-state index contributed by atoms with van der Waals surface area (Å²) in [6.45, 7) is 3.57. The molecule has 0 aromatic heterocycles. The maximum absolute atomic E-state index is 9.22. The molecular weight excluding hydrogens is 140 g/mol. The third-order valence-corrected chi connectivity index (χ3v) is 2.82. The van der Waals surface area contributed by atoms with Crippen LogP contribution in [0.2, 0.25) is 0 Å². The van der Waals surface area contributed by atoms with E-state index in [9.17, 15) is 5.11 Å². The Kier molecular flexibility index (Phi) is 1.67. The molecule has 1 aliphatic heterocycles. The van der Waals surface area contributed by atoms with Crippen molar-refractivity contribution in [1.29, 1.82) is 0 Å². The largest absolute Gasteiger partial charge is 0.390 e. The van der Waals surface area contributed by atoms with Gasteiger partial charge in [0, 0.05) is 26.2 Å². The zero-order valence-corrected chi connectivity index (χ0v) is 6.79. The molecule has 1 heterocycles. The molecule has 0 aromatic rings. The average Bonchev–Trinajstić information content (AvgIpc) is 2.66. The zero-order valence-electron chi connectivity index (χ0n) is 6.79. The van der Waals surface area contributed by atoms with E-state index in [4.69, 9.17) is 5.73 Å². The lowest BCUT2D eigenvalue weighted by molar-refractivity contribution is 0.0316. The first-order valence-electron chi connectivity index (χ1n) is 4.35. The normalized spacial score (nSPS) is 30.0. The third-order valence-electron chi connectivity index (χ3n) is 2.82. The number of nitrogens with two attached hydrogens (primary N) is 1. The fourth-order valence-electron chi connectivity index (χ4n) is 1.90. The average molecular weight is 156 g/mol. The Morgan fingerprint density at radius 3 is 2.55 bits per heavy atom. The highest BCUT2D eigenvalue weighted by Crippen LogP contribution is 2.52. The van der Waals surface area contributed by atoms with E-state index in [0.29, 0.717) is 12.0 Å². The van der Waals surface area contributed by atoms with Crippen molar-refractivity contribution in [3.8, 4) is 0 Å². The van der Waals surface area contributed by atoms with E-state index in [-0.39, 0.29) is 6.10 Å². The molecule has 64 valence electrons. The fraction of sp³-hybridized carbons (Fsp3) is 1.00. The molecule has 0 bridgehead atoms. The van der Waals surface area contributed by atoms with Crippen molar-refractivity contribution in [1.82, 2.24) is 4.90 Å². The van der Waals surface area contributed by atoms with Crippen LogP contribution in [0.3, 0.4) is 0 Å². The lowest BCUT2D eigenvalue weighted by Crippen LogP contribution is -2.52. The molecule has 1 saturated heterocycles. The molecule has 2 rings (SSSR count). The number of likely N-dealkylation sites (tertiary alicyclic amines) is 1. The first-order valence-corrected chi connectivity index (χ1v) is 4.35. The van der Waals surface area contributed by atoms with E-state index in [1.165, 1.54) is 25.9 Å². The summed E-state index contributed by atoms with van der Waals surface area (Å²) < 4.78 is 0. The van der Waals surface area contributed by atoms with Crippen LogP contribution in [-0.4, -0.2) is 42.3 Å². The number of hydrogen-bond donors (Lipinski definition) is 2. The summed E-state index contributed by atoms with van der Waals surface area (Å²) in [5.74, 6) is 0. The number of aliphatic hydroxyl groups excluding tert-OH is 1. The molecule has 3 nitrogen and oxygen atoms in total. The van der Waals surface area contributed by atoms with Gasteiger partial charge < -0.3 is 10.8 Å². The van der Waals surface area contributed by atoms with Gasteiger partial charge in [0.25, 0.3) is 0 Å². The highest BCUT2D eigenvalue weighted by atomic mass is 16.3. The molecule has 2 aliphatic rings. The minimum atomic E-state index is -0.314. The number of hydrogen-bond acceptors (Lipinski definition) is 3. The molecule has 11 heavy (non-hydrogen) atoms. The zero-order chi connectivity index (χ0) is 7.90. The topological polar surface area (TPSA) is 49.5 Å². The molecule has 1 saturated carbocycles. The van der Waals surface area contributed by atoms with Gasteiger partial charge in [-0.05, 0) is 18.3 Å². The van der Waals surface area contributed by atoms with Crippen LogP contribution in [0, 0.1) is 5.41 Å². The number of β-amino-alcohol motifs (C(OH)–C–C–N with tert-alkyl or cyclic N) is 1. The predicted molar refractivity (Wildman–Crippen MR) is 43.2 cm³/mol. The van der Waals surface area contributed by atoms with Crippen molar-refractivity contribution in [2.75, 3.05) is 26.2 Å². The van der Waals surface area contributed by atoms with Crippen molar-refractivity contribution in [2.24, 2.45) is 11.1 Å². The van der Waals surface area contributed by atoms with Gasteiger partial charge in [0.1, 0.15) is 0 Å². The van der Waals surface area contributed by atoms with Crippen LogP contribution >= 0.6 is 0 Å². The van der Waals surface area contributed by atoms with E-state index in [0.717, 1.165) is 6.54 Å². The SMILES string of the molecule is NCC(O)CN1CC2(CC2)C1. The van der Waals surface area contributed by atoms with E-state index >= 15 is 0 Å². The lowest BCUT2D eigenvalue weighted by atomic mass is 9.96. The van der Waals surface area contributed by atoms with Crippen molar-refractivity contribution in [3.05, 3.63) is 0 Å². The molecule has 3 heteroatoms. The Morgan fingerprint density at radius 1 is 1.45 bits per heavy atom. The Hall–Kier alpha value is -0.120. The second-order valence-electron chi connectivity index (χ2n) is 4.06. The van der Waals surface area contributed by atoms with Crippen molar-refractivity contribution >= 4 is 0 Å². The summed E-state index contributed by atoms with van der Waals surface area (Å²) in [4.78, 5) is 2.30. The van der Waals surface area contributed by atoms with Gasteiger partial charge in [-0.25, -0.2) is 0 Å². The van der Waals surface area contributed by atoms with E-state index in [1.807, 2.05) is 0 Å². The second kappa shape index (κ2) is 2.44. The van der Waals surface area contributed by atoms with Gasteiger partial charge in [0.15, 0.2) is 0 Å². The molecule has 0 amide bonds. The summed E-state index contributed by atoms with van der Waals surface area (Å²) in [7, 11) is 0. The van der Waals surface area contributed by atoms with Crippen LogP contribution in [-0.2, 0) is 0 Å². The van der Waals surface area contributed by atoms with Gasteiger partial charge in [-0.3, -0.25) is 4.90 Å². The van der Waals surface area contributed by atoms with Crippen LogP contribution in [0.1, 0.15) is 12.8 Å². The Bertz CT molecular complexity index is 148. The molecule has 0 aromatic carbocycles. The summed E-state index contributed by atoms with van der Waals surface area (Å²) >= 11 is 0. The monoisotopic (exact) mass is 156 g/mol. The van der Waals surface area contributed by atoms with E-state index < -0.39 is 0 Å². The van der Waals surface area contributed by atoms with Gasteiger partial charge in [-0.15, -0.1) is 0 Å². The highest BCUT2D eigenvalue weighted by Gasteiger charge is 2.51. The first kappa shape index (κ1) is 7.53. The Balaban J connectivity index is 1.66. The number of aliphatic hydroxyl groups is 1. The maximum atomic E-state index is 9.22. The van der Waals surface area contributed by atoms with Crippen LogP contribution in [0.15, 0.2) is 0 Å². The van der Waals surface area contributed by atoms with Crippen molar-refractivity contribution in [2.45, 2.75) is 18.9 Å². The Labute approximate surface area is 67.2 Å². The molecule has 2 fully saturated rings.